The van der Waals surface area contributed by atoms with Crippen molar-refractivity contribution in [2.75, 3.05) is 21.3 Å². The lowest BCUT2D eigenvalue weighted by Crippen LogP contribution is -2.20. The van der Waals surface area contributed by atoms with Gasteiger partial charge in [0.15, 0.2) is 5.75 Å². The van der Waals surface area contributed by atoms with Crippen LogP contribution in [-0.4, -0.2) is 43.3 Å². The number of nitro benzene ring substituents is 2. The van der Waals surface area contributed by atoms with Gasteiger partial charge in [0.1, 0.15) is 5.56 Å². The molecule has 13 heteroatoms. The molecule has 0 spiro atoms. The van der Waals surface area contributed by atoms with Crippen LogP contribution in [0, 0.1) is 20.2 Å². The Balaban J connectivity index is 2.39. The van der Waals surface area contributed by atoms with E-state index < -0.39 is 21.4 Å². The van der Waals surface area contributed by atoms with E-state index in [9.17, 15) is 25.0 Å². The molecule has 0 saturated carbocycles. The Bertz CT molecular complexity index is 1040. The fourth-order valence-corrected chi connectivity index (χ4v) is 2.86. The molecular weight excluding hydrogens is 468 g/mol. The van der Waals surface area contributed by atoms with E-state index in [4.69, 9.17) is 14.2 Å². The molecular formula is C17H15BrN4O8. The number of carbonyl (C=O) groups is 1. The molecule has 0 aliphatic heterocycles. The van der Waals surface area contributed by atoms with Gasteiger partial charge in [0, 0.05) is 17.7 Å². The van der Waals surface area contributed by atoms with E-state index in [0.717, 1.165) is 12.3 Å². The highest BCUT2D eigenvalue weighted by atomic mass is 79.9. The second-order valence-corrected chi connectivity index (χ2v) is 6.32. The molecule has 2 rings (SSSR count). The van der Waals surface area contributed by atoms with Crippen molar-refractivity contribution < 1.29 is 28.9 Å². The first-order chi connectivity index (χ1) is 14.2. The van der Waals surface area contributed by atoms with Gasteiger partial charge < -0.3 is 14.2 Å². The van der Waals surface area contributed by atoms with Crippen LogP contribution >= 0.6 is 15.9 Å². The maximum absolute atomic E-state index is 12.5. The van der Waals surface area contributed by atoms with Crippen LogP contribution in [0.1, 0.15) is 15.9 Å². The molecule has 0 atom stereocenters. The van der Waals surface area contributed by atoms with Crippen LogP contribution < -0.4 is 19.6 Å². The van der Waals surface area contributed by atoms with E-state index in [0.29, 0.717) is 5.56 Å². The van der Waals surface area contributed by atoms with Gasteiger partial charge in [0.2, 0.25) is 11.5 Å². The zero-order valence-electron chi connectivity index (χ0n) is 15.9. The summed E-state index contributed by atoms with van der Waals surface area (Å²) in [5.74, 6) is -1.23. The lowest BCUT2D eigenvalue weighted by Gasteiger charge is -2.14. The predicted octanol–water partition coefficient (Wildman–Crippen LogP) is 3.06. The number of amides is 1. The first kappa shape index (κ1) is 22.5. The Kier molecular flexibility index (Phi) is 7.25. The number of hydrogen-bond donors (Lipinski definition) is 1. The summed E-state index contributed by atoms with van der Waals surface area (Å²) in [4.78, 5) is 33.7. The molecule has 0 aliphatic rings. The number of benzene rings is 2. The molecule has 158 valence electrons. The van der Waals surface area contributed by atoms with Gasteiger partial charge in [-0.1, -0.05) is 6.07 Å². The minimum absolute atomic E-state index is 0.0395. The smallest absolute Gasteiger partial charge is 0.327 e. The molecule has 0 saturated heterocycles. The lowest BCUT2D eigenvalue weighted by molar-refractivity contribution is -0.386. The topological polar surface area (TPSA) is 155 Å². The third-order valence-corrected chi connectivity index (χ3v) is 4.45. The summed E-state index contributed by atoms with van der Waals surface area (Å²) in [6.07, 6.45) is 1.15. The molecule has 12 nitrogen and oxygen atoms in total. The fourth-order valence-electron chi connectivity index (χ4n) is 2.47. The molecule has 0 bridgehead atoms. The van der Waals surface area contributed by atoms with Crippen LogP contribution in [0.5, 0.6) is 17.2 Å². The van der Waals surface area contributed by atoms with Crippen molar-refractivity contribution in [1.82, 2.24) is 5.43 Å². The van der Waals surface area contributed by atoms with Gasteiger partial charge in [-0.25, -0.2) is 5.43 Å². The molecule has 0 heterocycles. The Morgan fingerprint density at radius 1 is 1.07 bits per heavy atom. The molecule has 0 unspecified atom stereocenters. The van der Waals surface area contributed by atoms with Gasteiger partial charge in [-0.05, 0) is 22.0 Å². The number of ether oxygens (including phenoxy) is 3. The highest BCUT2D eigenvalue weighted by molar-refractivity contribution is 9.10. The Morgan fingerprint density at radius 3 is 2.27 bits per heavy atom. The third-order valence-electron chi connectivity index (χ3n) is 3.78. The molecule has 2 aromatic carbocycles. The van der Waals surface area contributed by atoms with Crippen molar-refractivity contribution >= 4 is 39.4 Å². The highest BCUT2D eigenvalue weighted by Gasteiger charge is 2.32. The lowest BCUT2D eigenvalue weighted by atomic mass is 10.1. The number of nitro groups is 2. The molecule has 0 fully saturated rings. The summed E-state index contributed by atoms with van der Waals surface area (Å²) >= 11 is 3.06. The average molecular weight is 483 g/mol. The quantitative estimate of drug-likeness (QED) is 0.341. The van der Waals surface area contributed by atoms with E-state index in [1.165, 1.54) is 39.5 Å². The van der Waals surface area contributed by atoms with Crippen LogP contribution in [0.4, 0.5) is 11.4 Å². The van der Waals surface area contributed by atoms with Gasteiger partial charge in [0.25, 0.3) is 11.6 Å². The van der Waals surface area contributed by atoms with Crippen LogP contribution in [0.25, 0.3) is 0 Å². The maximum Gasteiger partial charge on any atom is 0.327 e. The van der Waals surface area contributed by atoms with E-state index in [1.54, 1.807) is 0 Å². The molecule has 0 radical (unpaired) electrons. The second-order valence-electron chi connectivity index (χ2n) is 5.47. The number of hydrazone groups is 1. The normalized spacial score (nSPS) is 10.5. The number of carbonyl (C=O) groups excluding carboxylic acids is 1. The minimum Gasteiger partial charge on any atom is -0.493 e. The largest absolute Gasteiger partial charge is 0.493 e. The third kappa shape index (κ3) is 4.63. The standard InChI is InChI=1S/C17H15BrN4O8/c1-28-13-7-10(14(22(26)27)16(30-3)15(13)29-2)17(23)20-19-8-9-4-5-11(18)12(6-9)21(24)25/h4-8H,1-3H3,(H,20,23). The van der Waals surface area contributed by atoms with Crippen molar-refractivity contribution in [3.8, 4) is 17.2 Å². The maximum atomic E-state index is 12.5. The molecule has 1 N–H and O–H groups in total. The van der Waals surface area contributed by atoms with E-state index in [1.807, 2.05) is 0 Å². The summed E-state index contributed by atoms with van der Waals surface area (Å²) in [5.41, 5.74) is 1.26. The van der Waals surface area contributed by atoms with Crippen molar-refractivity contribution in [2.24, 2.45) is 5.10 Å². The SMILES string of the molecule is COc1cc(C(=O)NN=Cc2ccc(Br)c([N+](=O)[O-])c2)c([N+](=O)[O-])c(OC)c1OC. The number of nitrogens with zero attached hydrogens (tertiary/aromatic N) is 3. The van der Waals surface area contributed by atoms with Gasteiger partial charge >= 0.3 is 5.69 Å². The van der Waals surface area contributed by atoms with E-state index in [-0.39, 0.29) is 33.0 Å². The zero-order chi connectivity index (χ0) is 22.4. The van der Waals surface area contributed by atoms with Crippen LogP contribution in [0.15, 0.2) is 33.8 Å². The number of rotatable bonds is 8. The fraction of sp³-hybridized carbons (Fsp3) is 0.176. The minimum atomic E-state index is -0.927. The summed E-state index contributed by atoms with van der Waals surface area (Å²) in [6.45, 7) is 0. The predicted molar refractivity (Wildman–Crippen MR) is 109 cm³/mol. The second kappa shape index (κ2) is 9.65. The summed E-state index contributed by atoms with van der Waals surface area (Å²) in [6, 6.07) is 5.33. The molecule has 0 aliphatic carbocycles. The Morgan fingerprint density at radius 2 is 1.73 bits per heavy atom. The molecule has 2 aromatic rings. The summed E-state index contributed by atoms with van der Waals surface area (Å²) in [7, 11) is 3.75. The van der Waals surface area contributed by atoms with Gasteiger partial charge in [0.05, 0.1) is 41.9 Å². The number of methoxy groups -OCH3 is 3. The molecule has 30 heavy (non-hydrogen) atoms. The summed E-state index contributed by atoms with van der Waals surface area (Å²) in [5, 5.41) is 26.2. The first-order valence-corrected chi connectivity index (χ1v) is 8.79. The number of nitrogens with one attached hydrogen (secondary N) is 1. The Labute approximate surface area is 177 Å². The van der Waals surface area contributed by atoms with Gasteiger partial charge in [-0.15, -0.1) is 0 Å². The highest BCUT2D eigenvalue weighted by Crippen LogP contribution is 2.46. The van der Waals surface area contributed by atoms with Crippen molar-refractivity contribution in [2.45, 2.75) is 0 Å². The number of halogens is 1. The van der Waals surface area contributed by atoms with E-state index in [2.05, 4.69) is 26.5 Å². The zero-order valence-corrected chi connectivity index (χ0v) is 17.5. The van der Waals surface area contributed by atoms with Crippen molar-refractivity contribution in [1.29, 1.82) is 0 Å². The van der Waals surface area contributed by atoms with Crippen molar-refractivity contribution in [3.63, 3.8) is 0 Å². The monoisotopic (exact) mass is 482 g/mol. The summed E-state index contributed by atoms with van der Waals surface area (Å²) < 4.78 is 15.5. The van der Waals surface area contributed by atoms with Gasteiger partial charge in [-0.3, -0.25) is 25.0 Å². The molecule has 1 amide bonds. The first-order valence-electron chi connectivity index (χ1n) is 7.99. The van der Waals surface area contributed by atoms with Crippen LogP contribution in [-0.2, 0) is 0 Å². The van der Waals surface area contributed by atoms with Crippen LogP contribution in [0.3, 0.4) is 0 Å². The Hall–Kier alpha value is -3.74. The number of hydrogen-bond acceptors (Lipinski definition) is 9. The van der Waals surface area contributed by atoms with Crippen LogP contribution in [0.2, 0.25) is 0 Å². The molecule has 0 aromatic heterocycles. The van der Waals surface area contributed by atoms with E-state index >= 15 is 0 Å². The van der Waals surface area contributed by atoms with Gasteiger partial charge in [-0.2, -0.15) is 5.10 Å². The van der Waals surface area contributed by atoms with Crippen molar-refractivity contribution in [3.05, 3.63) is 60.1 Å². The average Bonchev–Trinajstić information content (AvgIpc) is 2.72.